The van der Waals surface area contributed by atoms with E-state index in [0.717, 1.165) is 28.7 Å². The molecule has 3 nitrogen and oxygen atoms in total. The van der Waals surface area contributed by atoms with Crippen molar-refractivity contribution >= 4 is 15.9 Å². The lowest BCUT2D eigenvalue weighted by Gasteiger charge is -2.12. The van der Waals surface area contributed by atoms with Gasteiger partial charge in [-0.25, -0.2) is 0 Å². The average Bonchev–Trinajstić information content (AvgIpc) is 2.59. The van der Waals surface area contributed by atoms with Crippen LogP contribution in [0.4, 0.5) is 0 Å². The molecule has 2 N–H and O–H groups in total. The normalized spacial score (nSPS) is 12.7. The second-order valence-corrected chi connectivity index (χ2v) is 5.92. The van der Waals surface area contributed by atoms with Crippen molar-refractivity contribution in [2.24, 2.45) is 12.8 Å². The Morgan fingerprint density at radius 3 is 2.37 bits per heavy atom. The Balaban J connectivity index is 2.05. The number of aryl methyl sites for hydroxylation is 3. The Morgan fingerprint density at radius 1 is 1.21 bits per heavy atom. The number of halogens is 1. The molecule has 1 aromatic heterocycles. The van der Waals surface area contributed by atoms with Crippen LogP contribution >= 0.6 is 15.9 Å². The Kier molecular flexibility index (Phi) is 4.42. The Bertz CT molecular complexity index is 558. The van der Waals surface area contributed by atoms with Crippen LogP contribution in [-0.2, 0) is 19.9 Å². The van der Waals surface area contributed by atoms with Crippen molar-refractivity contribution in [2.75, 3.05) is 0 Å². The fraction of sp³-hybridized carbons (Fsp3) is 0.400. The molecule has 0 bridgehead atoms. The van der Waals surface area contributed by atoms with Crippen molar-refractivity contribution in [3.05, 3.63) is 51.3 Å². The maximum atomic E-state index is 6.26. The highest BCUT2D eigenvalue weighted by Crippen LogP contribution is 2.21. The van der Waals surface area contributed by atoms with Gasteiger partial charge in [-0.05, 0) is 41.8 Å². The summed E-state index contributed by atoms with van der Waals surface area (Å²) in [5.74, 6) is 0. The number of rotatable bonds is 4. The van der Waals surface area contributed by atoms with Gasteiger partial charge in [-0.15, -0.1) is 0 Å². The third-order valence-electron chi connectivity index (χ3n) is 3.34. The third-order valence-corrected chi connectivity index (χ3v) is 4.37. The summed E-state index contributed by atoms with van der Waals surface area (Å²) in [5.41, 5.74) is 11.0. The molecule has 102 valence electrons. The molecule has 2 aromatic rings. The summed E-state index contributed by atoms with van der Waals surface area (Å²) in [6.07, 6.45) is 1.71. The Hall–Kier alpha value is -1.13. The van der Waals surface area contributed by atoms with E-state index in [9.17, 15) is 0 Å². The highest BCUT2D eigenvalue weighted by molar-refractivity contribution is 9.10. The van der Waals surface area contributed by atoms with Crippen LogP contribution in [0, 0.1) is 13.8 Å². The molecule has 4 heteroatoms. The van der Waals surface area contributed by atoms with E-state index in [2.05, 4.69) is 52.2 Å². The summed E-state index contributed by atoms with van der Waals surface area (Å²) in [6, 6.07) is 8.67. The van der Waals surface area contributed by atoms with E-state index >= 15 is 0 Å². The molecule has 0 amide bonds. The second-order valence-electron chi connectivity index (χ2n) is 5.12. The third kappa shape index (κ3) is 3.45. The van der Waals surface area contributed by atoms with Gasteiger partial charge in [0.1, 0.15) is 0 Å². The van der Waals surface area contributed by atoms with Crippen LogP contribution in [0.2, 0.25) is 0 Å². The van der Waals surface area contributed by atoms with Crippen LogP contribution in [0.15, 0.2) is 28.7 Å². The van der Waals surface area contributed by atoms with E-state index in [1.165, 1.54) is 11.1 Å². The van der Waals surface area contributed by atoms with Crippen molar-refractivity contribution in [1.82, 2.24) is 9.78 Å². The van der Waals surface area contributed by atoms with E-state index < -0.39 is 0 Å². The minimum Gasteiger partial charge on any atom is -0.327 e. The molecule has 0 aliphatic carbocycles. The fourth-order valence-electron chi connectivity index (χ4n) is 2.25. The van der Waals surface area contributed by atoms with Crippen LogP contribution in [0.3, 0.4) is 0 Å². The summed E-state index contributed by atoms with van der Waals surface area (Å²) >= 11 is 3.59. The molecule has 0 saturated carbocycles. The Labute approximate surface area is 122 Å². The van der Waals surface area contributed by atoms with Crippen molar-refractivity contribution in [3.8, 4) is 0 Å². The molecule has 0 aliphatic rings. The van der Waals surface area contributed by atoms with Crippen LogP contribution in [0.5, 0.6) is 0 Å². The Morgan fingerprint density at radius 2 is 1.84 bits per heavy atom. The van der Waals surface area contributed by atoms with Gasteiger partial charge in [0.05, 0.1) is 15.9 Å². The largest absolute Gasteiger partial charge is 0.327 e. The molecule has 0 aliphatic heterocycles. The van der Waals surface area contributed by atoms with Gasteiger partial charge in [-0.1, -0.05) is 29.8 Å². The lowest BCUT2D eigenvalue weighted by atomic mass is 10.0. The number of nitrogens with zero attached hydrogens (tertiary/aromatic N) is 2. The van der Waals surface area contributed by atoms with Crippen LogP contribution in [0.1, 0.15) is 22.5 Å². The summed E-state index contributed by atoms with van der Waals surface area (Å²) in [7, 11) is 1.96. The summed E-state index contributed by atoms with van der Waals surface area (Å²) in [6.45, 7) is 4.10. The first kappa shape index (κ1) is 14.3. The molecular weight excluding hydrogens is 302 g/mol. The first-order valence-electron chi connectivity index (χ1n) is 6.46. The topological polar surface area (TPSA) is 43.8 Å². The second kappa shape index (κ2) is 5.88. The maximum absolute atomic E-state index is 6.26. The molecule has 1 heterocycles. The highest BCUT2D eigenvalue weighted by atomic mass is 79.9. The van der Waals surface area contributed by atoms with Crippen molar-refractivity contribution in [2.45, 2.75) is 32.7 Å². The van der Waals surface area contributed by atoms with E-state index in [1.807, 2.05) is 18.7 Å². The summed E-state index contributed by atoms with van der Waals surface area (Å²) in [5, 5.41) is 4.40. The molecular formula is C15H20BrN3. The lowest BCUT2D eigenvalue weighted by molar-refractivity contribution is 0.611. The fourth-order valence-corrected chi connectivity index (χ4v) is 2.75. The molecule has 1 unspecified atom stereocenters. The van der Waals surface area contributed by atoms with Crippen LogP contribution in [-0.4, -0.2) is 15.8 Å². The van der Waals surface area contributed by atoms with E-state index in [1.54, 1.807) is 0 Å². The van der Waals surface area contributed by atoms with Crippen LogP contribution < -0.4 is 5.73 Å². The van der Waals surface area contributed by atoms with Gasteiger partial charge in [0.2, 0.25) is 0 Å². The molecule has 0 fully saturated rings. The molecule has 0 saturated heterocycles. The molecule has 0 radical (unpaired) electrons. The predicted octanol–water partition coefficient (Wildman–Crippen LogP) is 2.91. The lowest BCUT2D eigenvalue weighted by Crippen LogP contribution is -2.26. The van der Waals surface area contributed by atoms with Gasteiger partial charge >= 0.3 is 0 Å². The first-order chi connectivity index (χ1) is 8.97. The van der Waals surface area contributed by atoms with Crippen LogP contribution in [0.25, 0.3) is 0 Å². The first-order valence-corrected chi connectivity index (χ1v) is 7.25. The van der Waals surface area contributed by atoms with Gasteiger partial charge in [0, 0.05) is 19.5 Å². The van der Waals surface area contributed by atoms with Crippen molar-refractivity contribution in [3.63, 3.8) is 0 Å². The van der Waals surface area contributed by atoms with Gasteiger partial charge in [0.15, 0.2) is 0 Å². The SMILES string of the molecule is Cc1ccc(CC(N)Cc2c(Br)c(C)nn2C)cc1. The highest BCUT2D eigenvalue weighted by Gasteiger charge is 2.14. The quantitative estimate of drug-likeness (QED) is 0.941. The van der Waals surface area contributed by atoms with E-state index in [0.29, 0.717) is 0 Å². The molecule has 1 atom stereocenters. The zero-order valence-corrected chi connectivity index (χ0v) is 13.2. The van der Waals surface area contributed by atoms with Gasteiger partial charge < -0.3 is 5.73 Å². The number of hydrogen-bond acceptors (Lipinski definition) is 2. The molecule has 1 aromatic carbocycles. The van der Waals surface area contributed by atoms with E-state index in [4.69, 9.17) is 5.73 Å². The van der Waals surface area contributed by atoms with Crippen molar-refractivity contribution < 1.29 is 0 Å². The van der Waals surface area contributed by atoms with E-state index in [-0.39, 0.29) is 6.04 Å². The summed E-state index contributed by atoms with van der Waals surface area (Å²) < 4.78 is 2.99. The standard InChI is InChI=1S/C15H20BrN3/c1-10-4-6-12(7-5-10)8-13(17)9-14-15(16)11(2)18-19(14)3/h4-7,13H,8-9,17H2,1-3H3. The zero-order chi connectivity index (χ0) is 14.0. The zero-order valence-electron chi connectivity index (χ0n) is 11.7. The van der Waals surface area contributed by atoms with Gasteiger partial charge in [-0.2, -0.15) is 5.10 Å². The number of nitrogens with two attached hydrogens (primary N) is 1. The minimum absolute atomic E-state index is 0.105. The monoisotopic (exact) mass is 321 g/mol. The number of benzene rings is 1. The molecule has 2 rings (SSSR count). The maximum Gasteiger partial charge on any atom is 0.0738 e. The predicted molar refractivity (Wildman–Crippen MR) is 82.2 cm³/mol. The minimum atomic E-state index is 0.105. The smallest absolute Gasteiger partial charge is 0.0738 e. The molecule has 19 heavy (non-hydrogen) atoms. The average molecular weight is 322 g/mol. The van der Waals surface area contributed by atoms with Crippen molar-refractivity contribution in [1.29, 1.82) is 0 Å². The molecule has 0 spiro atoms. The van der Waals surface area contributed by atoms with Gasteiger partial charge in [0.25, 0.3) is 0 Å². The number of hydrogen-bond donors (Lipinski definition) is 1. The van der Waals surface area contributed by atoms with Gasteiger partial charge in [-0.3, -0.25) is 4.68 Å². The number of aromatic nitrogens is 2. The summed E-state index contributed by atoms with van der Waals surface area (Å²) in [4.78, 5) is 0.